The van der Waals surface area contributed by atoms with Gasteiger partial charge in [0.15, 0.2) is 0 Å². The van der Waals surface area contributed by atoms with Gasteiger partial charge in [0.2, 0.25) is 0 Å². The first kappa shape index (κ1) is 15.3. The minimum absolute atomic E-state index is 0.186. The quantitative estimate of drug-likeness (QED) is 0.800. The number of piperidine rings is 1. The van der Waals surface area contributed by atoms with Crippen LogP contribution >= 0.6 is 0 Å². The highest BCUT2D eigenvalue weighted by Gasteiger charge is 2.44. The van der Waals surface area contributed by atoms with Gasteiger partial charge in [-0.1, -0.05) is 23.8 Å². The molecule has 1 aromatic rings. The molecule has 2 aliphatic heterocycles. The minimum atomic E-state index is 0.186. The van der Waals surface area contributed by atoms with Gasteiger partial charge < -0.3 is 4.90 Å². The Hall–Kier alpha value is -1.61. The number of benzene rings is 1. The number of nitrogens with zero attached hydrogens (tertiary/aromatic N) is 2. The number of carbonyl (C=O) groups is 1. The predicted molar refractivity (Wildman–Crippen MR) is 90.1 cm³/mol. The van der Waals surface area contributed by atoms with Gasteiger partial charge >= 0.3 is 0 Å². The van der Waals surface area contributed by atoms with Gasteiger partial charge in [-0.25, -0.2) is 0 Å². The maximum absolute atomic E-state index is 12.8. The summed E-state index contributed by atoms with van der Waals surface area (Å²) in [7, 11) is 0. The average Bonchev–Trinajstić information content (AvgIpc) is 2.89. The van der Waals surface area contributed by atoms with E-state index in [2.05, 4.69) is 16.4 Å². The van der Waals surface area contributed by atoms with Crippen molar-refractivity contribution in [3.05, 3.63) is 48.0 Å². The van der Waals surface area contributed by atoms with Crippen LogP contribution in [-0.2, 0) is 0 Å². The van der Waals surface area contributed by atoms with Crippen molar-refractivity contribution in [3.63, 3.8) is 0 Å². The van der Waals surface area contributed by atoms with Crippen molar-refractivity contribution in [2.24, 2.45) is 0 Å². The number of amides is 1. The van der Waals surface area contributed by atoms with Crippen LogP contribution in [0.4, 0.5) is 0 Å². The number of carbonyl (C=O) groups excluding carboxylic acids is 1. The summed E-state index contributed by atoms with van der Waals surface area (Å²) in [5, 5.41) is 0. The van der Waals surface area contributed by atoms with Gasteiger partial charge in [0.05, 0.1) is 0 Å². The zero-order chi connectivity index (χ0) is 15.6. The van der Waals surface area contributed by atoms with E-state index in [1.165, 1.54) is 19.3 Å². The lowest BCUT2D eigenvalue weighted by Crippen LogP contribution is -2.56. The third kappa shape index (κ3) is 2.82. The molecular weight excluding hydrogens is 272 g/mol. The molecule has 3 heteroatoms. The van der Waals surface area contributed by atoms with Crippen LogP contribution in [0.15, 0.2) is 36.9 Å². The SMILES string of the molecule is C=CCN1CCCC12CCCN(C(=O)c1cccc(C)c1)C2. The maximum Gasteiger partial charge on any atom is 0.253 e. The second kappa shape index (κ2) is 6.25. The van der Waals surface area contributed by atoms with Crippen molar-refractivity contribution >= 4 is 5.91 Å². The average molecular weight is 298 g/mol. The van der Waals surface area contributed by atoms with Crippen LogP contribution in [0.3, 0.4) is 0 Å². The highest BCUT2D eigenvalue weighted by atomic mass is 16.2. The molecule has 3 rings (SSSR count). The molecule has 0 bridgehead atoms. The van der Waals surface area contributed by atoms with Crippen LogP contribution in [0.1, 0.15) is 41.6 Å². The molecule has 2 aliphatic rings. The summed E-state index contributed by atoms with van der Waals surface area (Å²) in [6, 6.07) is 7.95. The summed E-state index contributed by atoms with van der Waals surface area (Å²) >= 11 is 0. The van der Waals surface area contributed by atoms with Crippen LogP contribution in [0.25, 0.3) is 0 Å². The van der Waals surface area contributed by atoms with Crippen molar-refractivity contribution < 1.29 is 4.79 Å². The Morgan fingerprint density at radius 2 is 2.09 bits per heavy atom. The maximum atomic E-state index is 12.8. The first-order valence-corrected chi connectivity index (χ1v) is 8.36. The van der Waals surface area contributed by atoms with Gasteiger partial charge in [0.25, 0.3) is 5.91 Å². The molecule has 2 heterocycles. The van der Waals surface area contributed by atoms with Gasteiger partial charge in [0, 0.05) is 30.7 Å². The van der Waals surface area contributed by atoms with E-state index in [9.17, 15) is 4.79 Å². The molecule has 118 valence electrons. The Balaban J connectivity index is 1.78. The fraction of sp³-hybridized carbons (Fsp3) is 0.526. The summed E-state index contributed by atoms with van der Waals surface area (Å²) < 4.78 is 0. The molecule has 0 radical (unpaired) electrons. The molecule has 22 heavy (non-hydrogen) atoms. The van der Waals surface area contributed by atoms with E-state index in [-0.39, 0.29) is 11.4 Å². The fourth-order valence-corrected chi connectivity index (χ4v) is 4.14. The number of aryl methyl sites for hydroxylation is 1. The highest BCUT2D eigenvalue weighted by molar-refractivity contribution is 5.94. The second-order valence-corrected chi connectivity index (χ2v) is 6.76. The standard InChI is InChI=1S/C19H26N2O/c1-3-11-21-13-6-10-19(21)9-5-12-20(15-19)18(22)17-8-4-7-16(2)14-17/h3-4,7-8,14H,1,5-6,9-13,15H2,2H3. The smallest absolute Gasteiger partial charge is 0.253 e. The van der Waals surface area contributed by atoms with Crippen LogP contribution in [0.5, 0.6) is 0 Å². The molecule has 3 nitrogen and oxygen atoms in total. The summed E-state index contributed by atoms with van der Waals surface area (Å²) in [4.78, 5) is 17.5. The van der Waals surface area contributed by atoms with Crippen molar-refractivity contribution in [1.82, 2.24) is 9.80 Å². The molecule has 0 N–H and O–H groups in total. The lowest BCUT2D eigenvalue weighted by atomic mass is 9.86. The van der Waals surface area contributed by atoms with Crippen molar-refractivity contribution in [2.75, 3.05) is 26.2 Å². The number of hydrogen-bond donors (Lipinski definition) is 0. The minimum Gasteiger partial charge on any atom is -0.337 e. The topological polar surface area (TPSA) is 23.6 Å². The number of hydrogen-bond acceptors (Lipinski definition) is 2. The monoisotopic (exact) mass is 298 g/mol. The molecule has 2 saturated heterocycles. The third-order valence-electron chi connectivity index (χ3n) is 5.20. The molecule has 2 fully saturated rings. The van der Waals surface area contributed by atoms with Crippen molar-refractivity contribution in [3.8, 4) is 0 Å². The molecule has 0 aliphatic carbocycles. The first-order valence-electron chi connectivity index (χ1n) is 8.36. The predicted octanol–water partition coefficient (Wildman–Crippen LogP) is 3.25. The first-order chi connectivity index (χ1) is 10.6. The second-order valence-electron chi connectivity index (χ2n) is 6.76. The number of rotatable bonds is 3. The molecule has 1 atom stereocenters. The summed E-state index contributed by atoms with van der Waals surface area (Å²) in [5.74, 6) is 0.188. The van der Waals surface area contributed by atoms with E-state index >= 15 is 0 Å². The van der Waals surface area contributed by atoms with Gasteiger partial charge in [-0.15, -0.1) is 6.58 Å². The summed E-state index contributed by atoms with van der Waals surface area (Å²) in [5.41, 5.74) is 2.16. The van der Waals surface area contributed by atoms with Gasteiger partial charge in [-0.3, -0.25) is 9.69 Å². The van der Waals surface area contributed by atoms with E-state index in [0.29, 0.717) is 0 Å². The molecule has 1 spiro atoms. The lowest BCUT2D eigenvalue weighted by Gasteiger charge is -2.45. The van der Waals surface area contributed by atoms with Gasteiger partial charge in [-0.05, 0) is 51.3 Å². The van der Waals surface area contributed by atoms with Gasteiger partial charge in [0.1, 0.15) is 0 Å². The molecular formula is C19H26N2O. The van der Waals surface area contributed by atoms with E-state index < -0.39 is 0 Å². The van der Waals surface area contributed by atoms with E-state index in [1.54, 1.807) is 0 Å². The highest BCUT2D eigenvalue weighted by Crippen LogP contribution is 2.37. The third-order valence-corrected chi connectivity index (χ3v) is 5.20. The van der Waals surface area contributed by atoms with E-state index in [4.69, 9.17) is 0 Å². The van der Waals surface area contributed by atoms with E-state index in [0.717, 1.165) is 43.7 Å². The van der Waals surface area contributed by atoms with Crippen LogP contribution < -0.4 is 0 Å². The summed E-state index contributed by atoms with van der Waals surface area (Å²) in [6.07, 6.45) is 6.75. The Morgan fingerprint density at radius 3 is 2.82 bits per heavy atom. The molecule has 1 unspecified atom stereocenters. The van der Waals surface area contributed by atoms with Crippen molar-refractivity contribution in [1.29, 1.82) is 0 Å². The summed E-state index contributed by atoms with van der Waals surface area (Å²) in [6.45, 7) is 9.76. The zero-order valence-electron chi connectivity index (χ0n) is 13.6. The van der Waals surface area contributed by atoms with Crippen LogP contribution in [0.2, 0.25) is 0 Å². The van der Waals surface area contributed by atoms with E-state index in [1.807, 2.05) is 37.3 Å². The Morgan fingerprint density at radius 1 is 1.32 bits per heavy atom. The molecule has 0 saturated carbocycles. The van der Waals surface area contributed by atoms with Crippen molar-refractivity contribution in [2.45, 2.75) is 38.1 Å². The molecule has 0 aromatic heterocycles. The normalized spacial score (nSPS) is 25.6. The largest absolute Gasteiger partial charge is 0.337 e. The lowest BCUT2D eigenvalue weighted by molar-refractivity contribution is 0.0367. The van der Waals surface area contributed by atoms with Gasteiger partial charge in [-0.2, -0.15) is 0 Å². The fourth-order valence-electron chi connectivity index (χ4n) is 4.14. The Labute approximate surface area is 133 Å². The molecule has 1 aromatic carbocycles. The Bertz CT molecular complexity index is 568. The molecule has 1 amide bonds. The zero-order valence-corrected chi connectivity index (χ0v) is 13.6. The number of likely N-dealkylation sites (tertiary alicyclic amines) is 2. The van der Waals surface area contributed by atoms with Crippen LogP contribution in [0, 0.1) is 6.92 Å². The Kier molecular flexibility index (Phi) is 4.34. The van der Waals surface area contributed by atoms with Crippen LogP contribution in [-0.4, -0.2) is 47.4 Å².